The standard InChI is InChI=1S/C16H23ClFN3O2/c1-3-7-20(8-4-2)15-6-5-12(9-14(15)18)21-11-13(10-19-17)23-16(21)22/h5-6,9,13,19H,3-4,7-8,10-11H2,1-2H3. The van der Waals surface area contributed by atoms with Crippen LogP contribution < -0.4 is 14.6 Å². The van der Waals surface area contributed by atoms with E-state index >= 15 is 0 Å². The number of nitrogens with one attached hydrogen (secondary N) is 1. The van der Waals surface area contributed by atoms with Gasteiger partial charge in [-0.15, -0.1) is 0 Å². The SMILES string of the molecule is CCCN(CCC)c1ccc(N2CC(CNCl)OC2=O)cc1F. The summed E-state index contributed by atoms with van der Waals surface area (Å²) in [5, 5.41) is 0. The van der Waals surface area contributed by atoms with Gasteiger partial charge in [-0.3, -0.25) is 4.90 Å². The van der Waals surface area contributed by atoms with E-state index in [1.165, 1.54) is 11.0 Å². The van der Waals surface area contributed by atoms with Gasteiger partial charge in [0.2, 0.25) is 0 Å². The van der Waals surface area contributed by atoms with Crippen molar-refractivity contribution in [3.63, 3.8) is 0 Å². The zero-order valence-corrected chi connectivity index (χ0v) is 14.3. The maximum absolute atomic E-state index is 14.5. The highest BCUT2D eigenvalue weighted by Crippen LogP contribution is 2.28. The molecule has 1 heterocycles. The number of hydrogen-bond acceptors (Lipinski definition) is 4. The number of halogens is 2. The second-order valence-electron chi connectivity index (χ2n) is 5.58. The molecule has 0 bridgehead atoms. The number of anilines is 2. The highest BCUT2D eigenvalue weighted by molar-refractivity contribution is 6.13. The number of nitrogens with zero attached hydrogens (tertiary/aromatic N) is 2. The van der Waals surface area contributed by atoms with Crippen LogP contribution in [-0.2, 0) is 4.74 Å². The zero-order valence-electron chi connectivity index (χ0n) is 13.5. The molecule has 1 aromatic rings. The van der Waals surface area contributed by atoms with Crippen LogP contribution in [0.25, 0.3) is 0 Å². The number of benzene rings is 1. The quantitative estimate of drug-likeness (QED) is 0.733. The van der Waals surface area contributed by atoms with Crippen molar-refractivity contribution in [3.8, 4) is 0 Å². The van der Waals surface area contributed by atoms with Crippen LogP contribution in [0.4, 0.5) is 20.6 Å². The Bertz CT molecular complexity index is 538. The molecule has 1 atom stereocenters. The van der Waals surface area contributed by atoms with E-state index in [-0.39, 0.29) is 11.9 Å². The topological polar surface area (TPSA) is 44.8 Å². The van der Waals surface area contributed by atoms with Crippen LogP contribution in [0.15, 0.2) is 18.2 Å². The molecular formula is C16H23ClFN3O2. The molecule has 128 valence electrons. The van der Waals surface area contributed by atoms with Gasteiger partial charge in [0.1, 0.15) is 11.9 Å². The fraction of sp³-hybridized carbons (Fsp3) is 0.562. The second-order valence-corrected chi connectivity index (χ2v) is 5.84. The minimum atomic E-state index is -0.479. The van der Waals surface area contributed by atoms with Gasteiger partial charge in [0, 0.05) is 19.6 Å². The number of carbonyl (C=O) groups is 1. The first-order chi connectivity index (χ1) is 11.1. The highest BCUT2D eigenvalue weighted by Gasteiger charge is 2.32. The van der Waals surface area contributed by atoms with Gasteiger partial charge in [-0.25, -0.2) is 14.0 Å². The molecule has 1 fully saturated rings. The van der Waals surface area contributed by atoms with Gasteiger partial charge in [-0.2, -0.15) is 0 Å². The number of rotatable bonds is 8. The first-order valence-corrected chi connectivity index (χ1v) is 8.34. The van der Waals surface area contributed by atoms with Crippen LogP contribution in [0.1, 0.15) is 26.7 Å². The Kier molecular flexibility index (Phi) is 6.47. The molecule has 1 aromatic carbocycles. The normalized spacial score (nSPS) is 17.5. The Balaban J connectivity index is 2.17. The van der Waals surface area contributed by atoms with Crippen molar-refractivity contribution >= 4 is 29.2 Å². The Morgan fingerprint density at radius 3 is 2.65 bits per heavy atom. The monoisotopic (exact) mass is 343 g/mol. The third-order valence-electron chi connectivity index (χ3n) is 3.75. The molecule has 1 amide bonds. The summed E-state index contributed by atoms with van der Waals surface area (Å²) in [7, 11) is 0. The van der Waals surface area contributed by atoms with Crippen LogP contribution in [0.5, 0.6) is 0 Å². The summed E-state index contributed by atoms with van der Waals surface area (Å²) in [4.78, 5) is 17.8. The van der Waals surface area contributed by atoms with Gasteiger partial charge in [0.15, 0.2) is 0 Å². The molecule has 1 unspecified atom stereocenters. The summed E-state index contributed by atoms with van der Waals surface area (Å²) in [5.74, 6) is -0.323. The summed E-state index contributed by atoms with van der Waals surface area (Å²) in [6, 6.07) is 4.89. The lowest BCUT2D eigenvalue weighted by molar-refractivity contribution is 0.143. The van der Waals surface area contributed by atoms with Crippen molar-refractivity contribution in [2.24, 2.45) is 0 Å². The van der Waals surface area contributed by atoms with E-state index in [4.69, 9.17) is 16.5 Å². The van der Waals surface area contributed by atoms with Gasteiger partial charge in [-0.1, -0.05) is 13.8 Å². The molecule has 0 spiro atoms. The number of carbonyl (C=O) groups excluding carboxylic acids is 1. The average Bonchev–Trinajstić information content (AvgIpc) is 2.88. The Labute approximate surface area is 141 Å². The lowest BCUT2D eigenvalue weighted by atomic mass is 10.2. The molecule has 1 aliphatic rings. The number of cyclic esters (lactones) is 1. The lowest BCUT2D eigenvalue weighted by Crippen LogP contribution is -2.28. The first kappa shape index (κ1) is 17.8. The van der Waals surface area contributed by atoms with Crippen molar-refractivity contribution in [2.45, 2.75) is 32.8 Å². The minimum absolute atomic E-state index is 0.323. The lowest BCUT2D eigenvalue weighted by Gasteiger charge is -2.25. The van der Waals surface area contributed by atoms with E-state index < -0.39 is 6.09 Å². The molecule has 2 rings (SSSR count). The predicted octanol–water partition coefficient (Wildman–Crippen LogP) is 3.52. The zero-order chi connectivity index (χ0) is 16.8. The van der Waals surface area contributed by atoms with Gasteiger partial charge in [0.05, 0.1) is 17.9 Å². The summed E-state index contributed by atoms with van der Waals surface area (Å²) in [5.41, 5.74) is 1.07. The molecule has 0 saturated carbocycles. The second kappa shape index (κ2) is 8.36. The number of ether oxygens (including phenoxy) is 1. The Hall–Kier alpha value is -1.53. The van der Waals surface area contributed by atoms with Crippen LogP contribution in [0, 0.1) is 5.82 Å². The maximum atomic E-state index is 14.5. The van der Waals surface area contributed by atoms with Crippen molar-refractivity contribution in [1.82, 2.24) is 4.84 Å². The maximum Gasteiger partial charge on any atom is 0.414 e. The van der Waals surface area contributed by atoms with Crippen LogP contribution in [-0.4, -0.2) is 38.4 Å². The highest BCUT2D eigenvalue weighted by atomic mass is 35.5. The molecule has 5 nitrogen and oxygen atoms in total. The molecule has 1 N–H and O–H groups in total. The summed E-state index contributed by atoms with van der Waals surface area (Å²) >= 11 is 5.44. The third kappa shape index (κ3) is 4.26. The van der Waals surface area contributed by atoms with Gasteiger partial charge < -0.3 is 9.64 Å². The van der Waals surface area contributed by atoms with Gasteiger partial charge in [-0.05, 0) is 42.8 Å². The fourth-order valence-corrected chi connectivity index (χ4v) is 2.91. The fourth-order valence-electron chi connectivity index (χ4n) is 2.74. The van der Waals surface area contributed by atoms with Gasteiger partial charge in [0.25, 0.3) is 0 Å². The summed E-state index contributed by atoms with van der Waals surface area (Å²) in [6.07, 6.45) is 1.09. The predicted molar refractivity (Wildman–Crippen MR) is 90.7 cm³/mol. The third-order valence-corrected chi connectivity index (χ3v) is 3.90. The smallest absolute Gasteiger partial charge is 0.414 e. The average molecular weight is 344 g/mol. The van der Waals surface area contributed by atoms with Crippen molar-refractivity contribution < 1.29 is 13.9 Å². The molecular weight excluding hydrogens is 321 g/mol. The Morgan fingerprint density at radius 1 is 1.39 bits per heavy atom. The van der Waals surface area contributed by atoms with E-state index in [1.807, 2.05) is 4.90 Å². The van der Waals surface area contributed by atoms with Gasteiger partial charge >= 0.3 is 6.09 Å². The van der Waals surface area contributed by atoms with Crippen LogP contribution in [0.2, 0.25) is 0 Å². The minimum Gasteiger partial charge on any atom is -0.443 e. The summed E-state index contributed by atoms with van der Waals surface area (Å²) < 4.78 is 19.7. The number of amides is 1. The van der Waals surface area contributed by atoms with E-state index in [0.717, 1.165) is 25.9 Å². The van der Waals surface area contributed by atoms with E-state index in [9.17, 15) is 9.18 Å². The molecule has 0 radical (unpaired) electrons. The van der Waals surface area contributed by atoms with E-state index in [0.29, 0.717) is 24.5 Å². The summed E-state index contributed by atoms with van der Waals surface area (Å²) in [6.45, 7) is 6.45. The van der Waals surface area contributed by atoms with E-state index in [1.54, 1.807) is 12.1 Å². The largest absolute Gasteiger partial charge is 0.443 e. The number of hydrogen-bond donors (Lipinski definition) is 1. The van der Waals surface area contributed by atoms with Crippen molar-refractivity contribution in [2.75, 3.05) is 36.0 Å². The molecule has 7 heteroatoms. The molecule has 23 heavy (non-hydrogen) atoms. The molecule has 1 saturated heterocycles. The Morgan fingerprint density at radius 2 is 2.09 bits per heavy atom. The van der Waals surface area contributed by atoms with Crippen molar-refractivity contribution in [1.29, 1.82) is 0 Å². The molecule has 1 aliphatic heterocycles. The van der Waals surface area contributed by atoms with Crippen LogP contribution >= 0.6 is 11.8 Å². The van der Waals surface area contributed by atoms with E-state index in [2.05, 4.69) is 18.7 Å². The molecule has 0 aliphatic carbocycles. The molecule has 0 aromatic heterocycles. The van der Waals surface area contributed by atoms with Crippen LogP contribution in [0.3, 0.4) is 0 Å². The first-order valence-electron chi connectivity index (χ1n) is 7.96. The van der Waals surface area contributed by atoms with Crippen molar-refractivity contribution in [3.05, 3.63) is 24.0 Å².